The van der Waals surface area contributed by atoms with Gasteiger partial charge in [-0.2, -0.15) is 0 Å². The Bertz CT molecular complexity index is 1110. The number of carbonyl (C=O) groups is 1. The number of nitrogen functional groups attached to an aromatic ring is 1. The summed E-state index contributed by atoms with van der Waals surface area (Å²) in [6.07, 6.45) is 3.67. The van der Waals surface area contributed by atoms with Crippen molar-refractivity contribution in [1.82, 2.24) is 9.55 Å². The highest BCUT2D eigenvalue weighted by Gasteiger charge is 2.23. The highest BCUT2D eigenvalue weighted by atomic mass is 16.5. The van der Waals surface area contributed by atoms with Crippen molar-refractivity contribution in [2.24, 2.45) is 5.92 Å². The number of methoxy groups -OCH3 is 1. The number of benzene rings is 1. The molecule has 1 amide bonds. The largest absolute Gasteiger partial charge is 0.385 e. The number of nitrogens with zero attached hydrogens (tertiary/aromatic N) is 2. The fraction of sp³-hybridized carbons (Fsp3) is 0.458. The molecule has 1 aromatic carbocycles. The number of H-pyrrole nitrogens is 1. The molecule has 0 unspecified atom stereocenters. The van der Waals surface area contributed by atoms with Crippen molar-refractivity contribution in [3.63, 3.8) is 0 Å². The van der Waals surface area contributed by atoms with E-state index >= 15 is 0 Å². The monoisotopic (exact) mass is 442 g/mol. The molecule has 0 aliphatic rings. The van der Waals surface area contributed by atoms with Crippen molar-refractivity contribution in [3.8, 4) is 0 Å². The maximum absolute atomic E-state index is 13.2. The second-order valence-electron chi connectivity index (χ2n) is 8.46. The van der Waals surface area contributed by atoms with Crippen LogP contribution in [0.25, 0.3) is 6.08 Å². The van der Waals surface area contributed by atoms with Gasteiger partial charge in [0.1, 0.15) is 5.82 Å². The van der Waals surface area contributed by atoms with E-state index in [1.807, 2.05) is 40.7 Å². The van der Waals surface area contributed by atoms with Gasteiger partial charge in [-0.05, 0) is 61.4 Å². The van der Waals surface area contributed by atoms with Crippen molar-refractivity contribution in [2.75, 3.05) is 30.9 Å². The Kier molecular flexibility index (Phi) is 8.60. The van der Waals surface area contributed by atoms with E-state index in [-0.39, 0.29) is 24.0 Å². The predicted molar refractivity (Wildman–Crippen MR) is 129 cm³/mol. The summed E-state index contributed by atoms with van der Waals surface area (Å²) in [5.41, 5.74) is 9.22. The number of carbonyl (C=O) groups excluding carboxylic acids is 1. The Morgan fingerprint density at radius 2 is 1.84 bits per heavy atom. The van der Waals surface area contributed by atoms with E-state index in [9.17, 15) is 14.4 Å². The first kappa shape index (κ1) is 25.1. The minimum Gasteiger partial charge on any atom is -0.385 e. The van der Waals surface area contributed by atoms with Crippen LogP contribution in [0, 0.1) is 26.7 Å². The molecule has 174 valence electrons. The van der Waals surface area contributed by atoms with E-state index < -0.39 is 17.2 Å². The summed E-state index contributed by atoms with van der Waals surface area (Å²) in [5, 5.41) is 0. The summed E-state index contributed by atoms with van der Waals surface area (Å²) in [5.74, 6) is -0.293. The highest BCUT2D eigenvalue weighted by Crippen LogP contribution is 2.20. The van der Waals surface area contributed by atoms with Crippen LogP contribution in [0.2, 0.25) is 0 Å². The molecule has 0 radical (unpaired) electrons. The number of rotatable bonds is 9. The number of ether oxygens (including phenoxy) is 1. The molecule has 0 bridgehead atoms. The molecule has 32 heavy (non-hydrogen) atoms. The molecule has 0 aliphatic carbocycles. The first-order valence-electron chi connectivity index (χ1n) is 10.8. The van der Waals surface area contributed by atoms with Crippen LogP contribution in [-0.2, 0) is 16.1 Å². The average molecular weight is 443 g/mol. The lowest BCUT2D eigenvalue weighted by atomic mass is 10.0. The normalized spacial score (nSPS) is 11.5. The van der Waals surface area contributed by atoms with Crippen LogP contribution in [0.5, 0.6) is 0 Å². The molecule has 2 aromatic rings. The number of aryl methyl sites for hydroxylation is 3. The molecule has 0 fully saturated rings. The average Bonchev–Trinajstić information content (AvgIpc) is 2.71. The van der Waals surface area contributed by atoms with Crippen molar-refractivity contribution >= 4 is 23.5 Å². The molecule has 0 aliphatic heterocycles. The molecule has 0 atom stereocenters. The van der Waals surface area contributed by atoms with Crippen LogP contribution in [0.3, 0.4) is 0 Å². The lowest BCUT2D eigenvalue weighted by Gasteiger charge is -2.24. The molecule has 8 nitrogen and oxygen atoms in total. The Balaban J connectivity index is 2.51. The summed E-state index contributed by atoms with van der Waals surface area (Å²) in [7, 11) is 1.57. The van der Waals surface area contributed by atoms with Crippen molar-refractivity contribution in [2.45, 2.75) is 47.6 Å². The number of anilines is 2. The standard InChI is InChI=1S/C24H34N4O4/c1-15(2)14-28-22(25)21(23(30)26-24(28)31)27(10-7-11-32-6)20(29)9-8-19-13-17(4)16(3)12-18(19)5/h8-9,12-13,15H,7,10-11,14,25H2,1-6H3,(H,26,30,31)/b9-8+. The molecular formula is C24H34N4O4. The molecule has 3 N–H and O–H groups in total. The van der Waals surface area contributed by atoms with Gasteiger partial charge >= 0.3 is 5.69 Å². The van der Waals surface area contributed by atoms with Crippen molar-refractivity contribution in [1.29, 1.82) is 0 Å². The number of hydrogen-bond donors (Lipinski definition) is 2. The van der Waals surface area contributed by atoms with Crippen LogP contribution >= 0.6 is 0 Å². The molecule has 2 rings (SSSR count). The first-order valence-corrected chi connectivity index (χ1v) is 10.8. The number of amides is 1. The fourth-order valence-electron chi connectivity index (χ4n) is 3.50. The van der Waals surface area contributed by atoms with Gasteiger partial charge < -0.3 is 15.4 Å². The van der Waals surface area contributed by atoms with Crippen molar-refractivity contribution in [3.05, 3.63) is 61.3 Å². The molecular weight excluding hydrogens is 408 g/mol. The van der Waals surface area contributed by atoms with Gasteiger partial charge in [-0.3, -0.25) is 19.1 Å². The number of aromatic nitrogens is 2. The van der Waals surface area contributed by atoms with Crippen LogP contribution in [0.1, 0.15) is 42.5 Å². The number of nitrogens with one attached hydrogen (secondary N) is 1. The third kappa shape index (κ3) is 5.97. The van der Waals surface area contributed by atoms with Gasteiger partial charge in [-0.25, -0.2) is 4.79 Å². The van der Waals surface area contributed by atoms with Gasteiger partial charge in [0.2, 0.25) is 0 Å². The van der Waals surface area contributed by atoms with E-state index in [0.29, 0.717) is 19.6 Å². The fourth-order valence-corrected chi connectivity index (χ4v) is 3.50. The summed E-state index contributed by atoms with van der Waals surface area (Å²) in [4.78, 5) is 41.8. The number of nitrogens with two attached hydrogens (primary N) is 1. The van der Waals surface area contributed by atoms with E-state index in [2.05, 4.69) is 11.1 Å². The quantitative estimate of drug-likeness (QED) is 0.458. The van der Waals surface area contributed by atoms with Crippen LogP contribution in [0.15, 0.2) is 27.8 Å². The Morgan fingerprint density at radius 3 is 2.47 bits per heavy atom. The minimum atomic E-state index is -0.686. The predicted octanol–water partition coefficient (Wildman–Crippen LogP) is 2.78. The van der Waals surface area contributed by atoms with Crippen LogP contribution < -0.4 is 21.9 Å². The molecule has 1 heterocycles. The summed E-state index contributed by atoms with van der Waals surface area (Å²) >= 11 is 0. The Morgan fingerprint density at radius 1 is 1.19 bits per heavy atom. The van der Waals surface area contributed by atoms with Gasteiger partial charge in [-0.15, -0.1) is 0 Å². The van der Waals surface area contributed by atoms with Crippen LogP contribution in [-0.4, -0.2) is 35.7 Å². The maximum Gasteiger partial charge on any atom is 0.330 e. The van der Waals surface area contributed by atoms with E-state index in [1.165, 1.54) is 21.1 Å². The highest BCUT2D eigenvalue weighted by molar-refractivity contribution is 6.05. The molecule has 0 saturated heterocycles. The molecule has 0 saturated carbocycles. The third-order valence-corrected chi connectivity index (χ3v) is 5.32. The first-order chi connectivity index (χ1) is 15.1. The lowest BCUT2D eigenvalue weighted by Crippen LogP contribution is -2.41. The van der Waals surface area contributed by atoms with Gasteiger partial charge in [0, 0.05) is 32.9 Å². The number of aromatic amines is 1. The SMILES string of the molecule is COCCCN(C(=O)/C=C/c1cc(C)c(C)cc1C)c1c(N)n(CC(C)C)c(=O)[nH]c1=O. The topological polar surface area (TPSA) is 110 Å². The molecule has 8 heteroatoms. The smallest absolute Gasteiger partial charge is 0.330 e. The molecule has 0 spiro atoms. The number of hydrogen-bond acceptors (Lipinski definition) is 5. The zero-order chi connectivity index (χ0) is 24.0. The van der Waals surface area contributed by atoms with Gasteiger partial charge in [0.15, 0.2) is 5.69 Å². The summed E-state index contributed by atoms with van der Waals surface area (Å²) < 4.78 is 6.41. The molecule has 1 aromatic heterocycles. The summed E-state index contributed by atoms with van der Waals surface area (Å²) in [6.45, 7) is 10.9. The maximum atomic E-state index is 13.2. The van der Waals surface area contributed by atoms with Gasteiger partial charge in [0.05, 0.1) is 0 Å². The minimum absolute atomic E-state index is 0.0195. The summed E-state index contributed by atoms with van der Waals surface area (Å²) in [6, 6.07) is 4.09. The third-order valence-electron chi connectivity index (χ3n) is 5.32. The second kappa shape index (κ2) is 10.9. The van der Waals surface area contributed by atoms with E-state index in [0.717, 1.165) is 16.7 Å². The Labute approximate surface area is 188 Å². The van der Waals surface area contributed by atoms with Gasteiger partial charge in [0.25, 0.3) is 11.5 Å². The Hall–Kier alpha value is -3.13. The van der Waals surface area contributed by atoms with E-state index in [4.69, 9.17) is 10.5 Å². The van der Waals surface area contributed by atoms with Crippen molar-refractivity contribution < 1.29 is 9.53 Å². The zero-order valence-corrected chi connectivity index (χ0v) is 19.8. The second-order valence-corrected chi connectivity index (χ2v) is 8.46. The lowest BCUT2D eigenvalue weighted by molar-refractivity contribution is -0.114. The zero-order valence-electron chi connectivity index (χ0n) is 19.8. The van der Waals surface area contributed by atoms with Crippen LogP contribution in [0.4, 0.5) is 11.5 Å². The van der Waals surface area contributed by atoms with Gasteiger partial charge in [-0.1, -0.05) is 26.0 Å². The van der Waals surface area contributed by atoms with E-state index in [1.54, 1.807) is 13.2 Å².